The quantitative estimate of drug-likeness (QED) is 0.542. The first kappa shape index (κ1) is 25.1. The van der Waals surface area contributed by atoms with E-state index in [1.807, 2.05) is 0 Å². The van der Waals surface area contributed by atoms with E-state index < -0.39 is 47.6 Å². The molecule has 0 amide bonds. The second kappa shape index (κ2) is 7.72. The van der Waals surface area contributed by atoms with Crippen molar-refractivity contribution in [2.75, 3.05) is 18.0 Å². The van der Waals surface area contributed by atoms with E-state index in [-0.39, 0.29) is 19.2 Å². The van der Waals surface area contributed by atoms with Crippen LogP contribution < -0.4 is 4.90 Å². The van der Waals surface area contributed by atoms with E-state index >= 15 is 0 Å². The zero-order chi connectivity index (χ0) is 23.1. The summed E-state index contributed by atoms with van der Waals surface area (Å²) in [6, 6.07) is 0.141. The van der Waals surface area contributed by atoms with Crippen LogP contribution in [0.15, 0.2) is 6.07 Å². The Morgan fingerprint density at radius 1 is 0.828 bits per heavy atom. The standard InChI is InChI=1S/C14H14F11N3O/c1-4-28(5-2)9-26-7(3)6-8(27-9)10(15,12(18,19)20)29-14(24,25)11(16,17)13(21,22)23/h6H,4-5H2,1-3H3. The molecule has 0 aliphatic heterocycles. The number of aryl methyl sites for hydroxylation is 1. The Morgan fingerprint density at radius 3 is 1.69 bits per heavy atom. The van der Waals surface area contributed by atoms with Crippen molar-refractivity contribution in [1.29, 1.82) is 0 Å². The Balaban J connectivity index is 3.63. The summed E-state index contributed by atoms with van der Waals surface area (Å²) in [5.41, 5.74) is -2.44. The molecule has 1 heterocycles. The minimum Gasteiger partial charge on any atom is -0.341 e. The Labute approximate surface area is 156 Å². The number of halogens is 11. The van der Waals surface area contributed by atoms with Crippen molar-refractivity contribution in [2.24, 2.45) is 0 Å². The van der Waals surface area contributed by atoms with Crippen LogP contribution in [0.4, 0.5) is 54.2 Å². The second-order valence-electron chi connectivity index (χ2n) is 5.65. The zero-order valence-electron chi connectivity index (χ0n) is 14.9. The monoisotopic (exact) mass is 449 g/mol. The van der Waals surface area contributed by atoms with Gasteiger partial charge in [-0.2, -0.15) is 48.3 Å². The first-order valence-corrected chi connectivity index (χ1v) is 7.73. The van der Waals surface area contributed by atoms with Gasteiger partial charge in [0.05, 0.1) is 0 Å². The molecular formula is C14H14F11N3O. The number of alkyl halides is 11. The molecule has 0 saturated heterocycles. The first-order chi connectivity index (χ1) is 12.8. The highest BCUT2D eigenvalue weighted by Crippen LogP contribution is 2.53. The molecule has 0 radical (unpaired) electrons. The van der Waals surface area contributed by atoms with E-state index in [1.165, 1.54) is 13.8 Å². The van der Waals surface area contributed by atoms with Gasteiger partial charge in [0.15, 0.2) is 0 Å². The van der Waals surface area contributed by atoms with Crippen molar-refractivity contribution in [1.82, 2.24) is 9.97 Å². The third-order valence-electron chi connectivity index (χ3n) is 3.57. The third kappa shape index (κ3) is 4.64. The van der Waals surface area contributed by atoms with E-state index in [1.54, 1.807) is 0 Å². The summed E-state index contributed by atoms with van der Waals surface area (Å²) in [5, 5.41) is 0. The minimum absolute atomic E-state index is 0.0634. The lowest BCUT2D eigenvalue weighted by Crippen LogP contribution is -2.58. The molecular weight excluding hydrogens is 435 g/mol. The van der Waals surface area contributed by atoms with Crippen LogP contribution in [0, 0.1) is 6.92 Å². The predicted octanol–water partition coefficient (Wildman–Crippen LogP) is 5.12. The summed E-state index contributed by atoms with van der Waals surface area (Å²) in [7, 11) is 0. The highest BCUT2D eigenvalue weighted by Gasteiger charge is 2.78. The summed E-state index contributed by atoms with van der Waals surface area (Å²) in [4.78, 5) is 7.89. The summed E-state index contributed by atoms with van der Waals surface area (Å²) >= 11 is 0. The predicted molar refractivity (Wildman–Crippen MR) is 76.2 cm³/mol. The smallest absolute Gasteiger partial charge is 0.341 e. The average Bonchev–Trinajstić information content (AvgIpc) is 2.52. The SMILES string of the molecule is CCN(CC)c1nc(C)cc(C(F)(OC(F)(F)C(F)(F)C(F)(F)F)C(F)(F)F)n1. The zero-order valence-corrected chi connectivity index (χ0v) is 14.9. The van der Waals surface area contributed by atoms with Crippen LogP contribution in [0.2, 0.25) is 0 Å². The summed E-state index contributed by atoms with van der Waals surface area (Å²) in [6.45, 7) is 4.09. The third-order valence-corrected chi connectivity index (χ3v) is 3.57. The Bertz CT molecular complexity index is 716. The van der Waals surface area contributed by atoms with Crippen molar-refractivity contribution >= 4 is 5.95 Å². The fourth-order valence-corrected chi connectivity index (χ4v) is 2.03. The van der Waals surface area contributed by atoms with E-state index in [0.717, 1.165) is 11.8 Å². The van der Waals surface area contributed by atoms with E-state index in [2.05, 4.69) is 14.7 Å². The first-order valence-electron chi connectivity index (χ1n) is 7.73. The lowest BCUT2D eigenvalue weighted by molar-refractivity contribution is -0.488. The Kier molecular flexibility index (Phi) is 6.68. The molecule has 4 nitrogen and oxygen atoms in total. The van der Waals surface area contributed by atoms with E-state index in [9.17, 15) is 48.3 Å². The van der Waals surface area contributed by atoms with Crippen LogP contribution in [0.1, 0.15) is 25.2 Å². The summed E-state index contributed by atoms with van der Waals surface area (Å²) in [6.07, 6.45) is -20.5. The Hall–Kier alpha value is -1.93. The summed E-state index contributed by atoms with van der Waals surface area (Å²) in [5.74, 6) is -13.5. The molecule has 0 aliphatic rings. The van der Waals surface area contributed by atoms with Crippen molar-refractivity contribution in [3.63, 3.8) is 0 Å². The highest BCUT2D eigenvalue weighted by atomic mass is 19.4. The van der Waals surface area contributed by atoms with Gasteiger partial charge in [-0.1, -0.05) is 0 Å². The Morgan fingerprint density at radius 2 is 1.31 bits per heavy atom. The molecule has 0 aliphatic carbocycles. The molecule has 0 bridgehead atoms. The molecule has 1 aromatic rings. The number of hydrogen-bond acceptors (Lipinski definition) is 4. The van der Waals surface area contributed by atoms with Crippen LogP contribution in [0.5, 0.6) is 0 Å². The van der Waals surface area contributed by atoms with Gasteiger partial charge in [0.1, 0.15) is 5.69 Å². The second-order valence-corrected chi connectivity index (χ2v) is 5.65. The molecule has 0 aromatic carbocycles. The maximum atomic E-state index is 14.6. The average molecular weight is 449 g/mol. The fourth-order valence-electron chi connectivity index (χ4n) is 2.03. The van der Waals surface area contributed by atoms with E-state index in [0.29, 0.717) is 0 Å². The van der Waals surface area contributed by atoms with Gasteiger partial charge in [-0.05, 0) is 26.8 Å². The van der Waals surface area contributed by atoms with E-state index in [4.69, 9.17) is 0 Å². The van der Waals surface area contributed by atoms with Crippen molar-refractivity contribution in [2.45, 2.75) is 51.0 Å². The molecule has 29 heavy (non-hydrogen) atoms. The van der Waals surface area contributed by atoms with Crippen LogP contribution in [0.3, 0.4) is 0 Å². The molecule has 1 aromatic heterocycles. The summed E-state index contributed by atoms with van der Waals surface area (Å²) < 4.78 is 146. The van der Waals surface area contributed by atoms with Gasteiger partial charge >= 0.3 is 30.2 Å². The molecule has 1 atom stereocenters. The molecule has 1 unspecified atom stereocenters. The topological polar surface area (TPSA) is 38.2 Å². The van der Waals surface area contributed by atoms with Gasteiger partial charge in [0.25, 0.3) is 0 Å². The minimum atomic E-state index is -7.13. The number of rotatable bonds is 7. The lowest BCUT2D eigenvalue weighted by Gasteiger charge is -2.35. The molecule has 0 N–H and O–H groups in total. The molecule has 0 saturated carbocycles. The van der Waals surface area contributed by atoms with Gasteiger partial charge in [-0.25, -0.2) is 9.97 Å². The van der Waals surface area contributed by atoms with Gasteiger partial charge < -0.3 is 4.90 Å². The number of hydrogen-bond donors (Lipinski definition) is 0. The lowest BCUT2D eigenvalue weighted by atomic mass is 10.1. The normalized spacial score (nSPS) is 15.9. The van der Waals surface area contributed by atoms with Crippen LogP contribution in [0.25, 0.3) is 0 Å². The molecule has 15 heteroatoms. The molecule has 0 spiro atoms. The molecule has 168 valence electrons. The fraction of sp³-hybridized carbons (Fsp3) is 0.714. The van der Waals surface area contributed by atoms with Gasteiger partial charge in [-0.15, -0.1) is 0 Å². The van der Waals surface area contributed by atoms with Crippen molar-refractivity contribution < 1.29 is 53.0 Å². The van der Waals surface area contributed by atoms with Crippen molar-refractivity contribution in [3.8, 4) is 0 Å². The number of ether oxygens (including phenoxy) is 1. The molecule has 0 fully saturated rings. The largest absolute Gasteiger partial charge is 0.462 e. The highest BCUT2D eigenvalue weighted by molar-refractivity contribution is 5.33. The van der Waals surface area contributed by atoms with Gasteiger partial charge in [0.2, 0.25) is 5.95 Å². The number of aromatic nitrogens is 2. The maximum absolute atomic E-state index is 14.6. The number of nitrogens with zero attached hydrogens (tertiary/aromatic N) is 3. The van der Waals surface area contributed by atoms with Crippen molar-refractivity contribution in [3.05, 3.63) is 17.5 Å². The maximum Gasteiger partial charge on any atom is 0.462 e. The van der Waals surface area contributed by atoms with Gasteiger partial charge in [0, 0.05) is 18.8 Å². The van der Waals surface area contributed by atoms with Crippen LogP contribution in [-0.2, 0) is 10.6 Å². The van der Waals surface area contributed by atoms with Crippen LogP contribution in [-0.4, -0.2) is 47.4 Å². The van der Waals surface area contributed by atoms with Crippen LogP contribution >= 0.6 is 0 Å². The van der Waals surface area contributed by atoms with Gasteiger partial charge in [-0.3, -0.25) is 4.74 Å². The number of anilines is 1. The molecule has 1 rings (SSSR count).